The van der Waals surface area contributed by atoms with Crippen LogP contribution in [-0.2, 0) is 4.79 Å². The van der Waals surface area contributed by atoms with Crippen molar-refractivity contribution in [2.24, 2.45) is 23.2 Å². The van der Waals surface area contributed by atoms with Crippen molar-refractivity contribution in [1.82, 2.24) is 15.2 Å². The molecule has 1 N–H and O–H groups in total. The molecular weight excluding hydrogens is 326 g/mol. The van der Waals surface area contributed by atoms with Crippen molar-refractivity contribution in [1.29, 1.82) is 0 Å². The monoisotopic (exact) mass is 355 g/mol. The number of carbonyl (C=O) groups excluding carboxylic acids is 2. The lowest BCUT2D eigenvalue weighted by Crippen LogP contribution is -2.43. The minimum absolute atomic E-state index is 0.0401. The van der Waals surface area contributed by atoms with Crippen LogP contribution in [0.25, 0.3) is 0 Å². The van der Waals surface area contributed by atoms with Crippen molar-refractivity contribution in [2.45, 2.75) is 52.5 Å². The molecule has 2 heterocycles. The third-order valence-electron chi connectivity index (χ3n) is 6.76. The first-order chi connectivity index (χ1) is 12.4. The number of rotatable bonds is 4. The quantitative estimate of drug-likeness (QED) is 0.903. The molecule has 2 aliphatic carbocycles. The summed E-state index contributed by atoms with van der Waals surface area (Å²) in [6, 6.07) is 3.87. The van der Waals surface area contributed by atoms with Crippen LogP contribution < -0.4 is 5.32 Å². The van der Waals surface area contributed by atoms with Crippen molar-refractivity contribution in [3.8, 4) is 0 Å². The van der Waals surface area contributed by atoms with Gasteiger partial charge in [-0.3, -0.25) is 14.6 Å². The molecule has 3 fully saturated rings. The first-order valence-corrected chi connectivity index (χ1v) is 9.88. The normalized spacial score (nSPS) is 31.6. The number of hydrogen-bond donors (Lipinski definition) is 1. The van der Waals surface area contributed by atoms with Gasteiger partial charge < -0.3 is 10.2 Å². The van der Waals surface area contributed by atoms with Gasteiger partial charge in [0.2, 0.25) is 5.91 Å². The van der Waals surface area contributed by atoms with E-state index in [2.05, 4.69) is 29.0 Å². The summed E-state index contributed by atoms with van der Waals surface area (Å²) in [6.45, 7) is 7.80. The van der Waals surface area contributed by atoms with Gasteiger partial charge in [0.15, 0.2) is 0 Å². The van der Waals surface area contributed by atoms with Crippen LogP contribution in [0.5, 0.6) is 0 Å². The molecule has 1 aromatic rings. The maximum Gasteiger partial charge on any atom is 0.251 e. The van der Waals surface area contributed by atoms with Gasteiger partial charge in [0.25, 0.3) is 5.91 Å². The van der Waals surface area contributed by atoms with E-state index >= 15 is 0 Å². The van der Waals surface area contributed by atoms with Gasteiger partial charge >= 0.3 is 0 Å². The van der Waals surface area contributed by atoms with E-state index in [1.54, 1.807) is 12.3 Å². The second-order valence-corrected chi connectivity index (χ2v) is 9.05. The fourth-order valence-corrected chi connectivity index (χ4v) is 4.98. The van der Waals surface area contributed by atoms with Crippen molar-refractivity contribution in [3.05, 3.63) is 29.6 Å². The summed E-state index contributed by atoms with van der Waals surface area (Å²) in [5.74, 6) is 1.43. The summed E-state index contributed by atoms with van der Waals surface area (Å²) in [5.41, 5.74) is 1.68. The minimum atomic E-state index is -0.0401. The predicted molar refractivity (Wildman–Crippen MR) is 99.5 cm³/mol. The van der Waals surface area contributed by atoms with Crippen LogP contribution in [0.2, 0.25) is 0 Å². The second-order valence-electron chi connectivity index (χ2n) is 9.05. The zero-order chi connectivity index (χ0) is 18.5. The number of fused-ring (bicyclic) bond motifs is 2. The lowest BCUT2D eigenvalue weighted by Gasteiger charge is -2.32. The van der Waals surface area contributed by atoms with Crippen LogP contribution in [0.15, 0.2) is 18.3 Å². The highest BCUT2D eigenvalue weighted by atomic mass is 16.2. The molecule has 26 heavy (non-hydrogen) atoms. The van der Waals surface area contributed by atoms with E-state index in [1.165, 1.54) is 12.8 Å². The Balaban J connectivity index is 1.41. The molecule has 0 spiro atoms. The second kappa shape index (κ2) is 6.36. The number of amides is 2. The zero-order valence-corrected chi connectivity index (χ0v) is 16.0. The number of carbonyl (C=O) groups is 2. The Kier molecular flexibility index (Phi) is 4.28. The lowest BCUT2D eigenvalue weighted by molar-refractivity contribution is -0.134. The van der Waals surface area contributed by atoms with E-state index in [-0.39, 0.29) is 17.2 Å². The molecule has 0 radical (unpaired) electrons. The third kappa shape index (κ3) is 3.12. The van der Waals surface area contributed by atoms with Crippen LogP contribution >= 0.6 is 0 Å². The SMILES string of the molecule is Cc1cc(C(=O)NCC2C3CCCC2N(C(=O)C2CC2(C)C)C3)ccn1. The van der Waals surface area contributed by atoms with Crippen LogP contribution in [0.3, 0.4) is 0 Å². The first-order valence-electron chi connectivity index (χ1n) is 9.88. The molecule has 3 aliphatic rings. The molecule has 1 aromatic heterocycles. The van der Waals surface area contributed by atoms with E-state index in [0.29, 0.717) is 35.9 Å². The maximum atomic E-state index is 12.9. The highest BCUT2D eigenvalue weighted by Crippen LogP contribution is 2.54. The molecule has 4 unspecified atom stereocenters. The third-order valence-corrected chi connectivity index (χ3v) is 6.76. The van der Waals surface area contributed by atoms with Gasteiger partial charge in [0.1, 0.15) is 0 Å². The lowest BCUT2D eigenvalue weighted by atomic mass is 9.79. The van der Waals surface area contributed by atoms with Gasteiger partial charge in [-0.05, 0) is 49.7 Å². The first kappa shape index (κ1) is 17.5. The fraction of sp³-hybridized carbons (Fsp3) is 0.667. The van der Waals surface area contributed by atoms with Gasteiger partial charge in [-0.15, -0.1) is 0 Å². The predicted octanol–water partition coefficient (Wildman–Crippen LogP) is 2.79. The number of hydrogen-bond acceptors (Lipinski definition) is 3. The van der Waals surface area contributed by atoms with Crippen molar-refractivity contribution in [3.63, 3.8) is 0 Å². The Hall–Kier alpha value is -1.91. The molecule has 2 saturated carbocycles. The highest BCUT2D eigenvalue weighted by Gasteiger charge is 2.55. The van der Waals surface area contributed by atoms with Crippen molar-refractivity contribution >= 4 is 11.8 Å². The summed E-state index contributed by atoms with van der Waals surface area (Å²) < 4.78 is 0. The Labute approximate surface area is 155 Å². The number of nitrogens with zero attached hydrogens (tertiary/aromatic N) is 2. The molecule has 2 bridgehead atoms. The molecule has 0 aromatic carbocycles. The molecule has 1 saturated heterocycles. The summed E-state index contributed by atoms with van der Waals surface area (Å²) >= 11 is 0. The van der Waals surface area contributed by atoms with E-state index < -0.39 is 0 Å². The molecule has 140 valence electrons. The average Bonchev–Trinajstić information content (AvgIpc) is 3.20. The smallest absolute Gasteiger partial charge is 0.251 e. The fourth-order valence-electron chi connectivity index (χ4n) is 4.98. The number of likely N-dealkylation sites (tertiary alicyclic amines) is 1. The van der Waals surface area contributed by atoms with Crippen LogP contribution in [0, 0.1) is 30.1 Å². The van der Waals surface area contributed by atoms with Gasteiger partial charge in [-0.1, -0.05) is 20.3 Å². The molecular formula is C21H29N3O2. The van der Waals surface area contributed by atoms with E-state index in [0.717, 1.165) is 25.1 Å². The Morgan fingerprint density at radius 2 is 2.12 bits per heavy atom. The van der Waals surface area contributed by atoms with Crippen molar-refractivity contribution in [2.75, 3.05) is 13.1 Å². The largest absolute Gasteiger partial charge is 0.352 e. The topological polar surface area (TPSA) is 62.3 Å². The van der Waals surface area contributed by atoms with Gasteiger partial charge in [-0.25, -0.2) is 0 Å². The van der Waals surface area contributed by atoms with Crippen LogP contribution in [0.4, 0.5) is 0 Å². The Bertz CT molecular complexity index is 730. The highest BCUT2D eigenvalue weighted by molar-refractivity contribution is 5.94. The summed E-state index contributed by atoms with van der Waals surface area (Å²) in [7, 11) is 0. The van der Waals surface area contributed by atoms with Crippen molar-refractivity contribution < 1.29 is 9.59 Å². The average molecular weight is 355 g/mol. The van der Waals surface area contributed by atoms with Crippen LogP contribution in [-0.4, -0.2) is 40.8 Å². The Morgan fingerprint density at radius 3 is 2.81 bits per heavy atom. The number of aromatic nitrogens is 1. The van der Waals surface area contributed by atoms with Gasteiger partial charge in [0.05, 0.1) is 0 Å². The molecule has 5 nitrogen and oxygen atoms in total. The summed E-state index contributed by atoms with van der Waals surface area (Å²) in [4.78, 5) is 31.7. The maximum absolute atomic E-state index is 12.9. The van der Waals surface area contributed by atoms with E-state index in [4.69, 9.17) is 0 Å². The Morgan fingerprint density at radius 1 is 1.35 bits per heavy atom. The summed E-state index contributed by atoms with van der Waals surface area (Å²) in [6.07, 6.45) is 6.13. The van der Waals surface area contributed by atoms with Crippen LogP contribution in [0.1, 0.15) is 55.6 Å². The summed E-state index contributed by atoms with van der Waals surface area (Å²) in [5, 5.41) is 3.11. The van der Waals surface area contributed by atoms with E-state index in [1.807, 2.05) is 13.0 Å². The van der Waals surface area contributed by atoms with Gasteiger partial charge in [0, 0.05) is 48.4 Å². The molecule has 5 heteroatoms. The standard InChI is InChI=1S/C21H29N3O2/c1-13-9-14(7-8-22-13)19(25)23-11-16-15-5-4-6-18(16)24(12-15)20(26)17-10-21(17,2)3/h7-9,15-18H,4-6,10-12H2,1-3H3,(H,23,25). The minimum Gasteiger partial charge on any atom is -0.352 e. The number of pyridine rings is 1. The number of aryl methyl sites for hydroxylation is 1. The molecule has 2 amide bonds. The molecule has 1 aliphatic heterocycles. The van der Waals surface area contributed by atoms with Gasteiger partial charge in [-0.2, -0.15) is 0 Å². The van der Waals surface area contributed by atoms with E-state index in [9.17, 15) is 9.59 Å². The number of nitrogens with one attached hydrogen (secondary N) is 1. The molecule has 4 rings (SSSR count). The zero-order valence-electron chi connectivity index (χ0n) is 16.0. The molecule has 4 atom stereocenters.